The van der Waals surface area contributed by atoms with Crippen LogP contribution in [-0.2, 0) is 0 Å². The smallest absolute Gasteiger partial charge is 0.186 e. The average Bonchev–Trinajstić information content (AvgIpc) is 3.97. The van der Waals surface area contributed by atoms with E-state index in [0.717, 1.165) is 66.3 Å². The number of furan rings is 1. The molecule has 0 aliphatic rings. The number of rotatable bonds is 7. The molecular formula is C52H40N6OS. The van der Waals surface area contributed by atoms with E-state index in [2.05, 4.69) is 115 Å². The van der Waals surface area contributed by atoms with Crippen LogP contribution in [0.5, 0.6) is 0 Å². The Kier molecular flexibility index (Phi) is 9.54. The molecule has 5 heterocycles. The number of para-hydroxylation sites is 3. The lowest BCUT2D eigenvalue weighted by Crippen LogP contribution is -2.03. The first kappa shape index (κ1) is 37.0. The van der Waals surface area contributed by atoms with E-state index in [1.165, 1.54) is 15.8 Å². The first-order chi connectivity index (χ1) is 29.6. The number of allylic oxidation sites excluding steroid dienone is 1. The van der Waals surface area contributed by atoms with Gasteiger partial charge in [-0.15, -0.1) is 11.3 Å². The van der Waals surface area contributed by atoms with Crippen molar-refractivity contribution in [2.45, 2.75) is 34.1 Å². The molecule has 0 saturated heterocycles. The second-order valence-corrected chi connectivity index (χ2v) is 15.4. The molecule has 0 spiro atoms. The molecule has 8 heteroatoms. The highest BCUT2D eigenvalue weighted by Crippen LogP contribution is 2.41. The lowest BCUT2D eigenvalue weighted by atomic mass is 10.1. The van der Waals surface area contributed by atoms with E-state index < -0.39 is 0 Å². The van der Waals surface area contributed by atoms with Crippen molar-refractivity contribution in [3.8, 4) is 51.4 Å². The molecule has 0 unspecified atom stereocenters. The summed E-state index contributed by atoms with van der Waals surface area (Å²) in [6.07, 6.45) is 5.39. The van der Waals surface area contributed by atoms with Gasteiger partial charge < -0.3 is 8.98 Å². The van der Waals surface area contributed by atoms with Gasteiger partial charge in [0.15, 0.2) is 34.6 Å². The van der Waals surface area contributed by atoms with E-state index >= 15 is 0 Å². The van der Waals surface area contributed by atoms with Gasteiger partial charge >= 0.3 is 0 Å². The zero-order valence-electron chi connectivity index (χ0n) is 33.7. The van der Waals surface area contributed by atoms with Gasteiger partial charge in [0, 0.05) is 48.1 Å². The van der Waals surface area contributed by atoms with Crippen molar-refractivity contribution >= 4 is 71.4 Å². The topological polar surface area (TPSA) is 82.5 Å². The van der Waals surface area contributed by atoms with E-state index in [1.54, 1.807) is 11.3 Å². The van der Waals surface area contributed by atoms with Crippen LogP contribution in [0.25, 0.3) is 111 Å². The highest BCUT2D eigenvalue weighted by Gasteiger charge is 2.24. The second-order valence-electron chi connectivity index (χ2n) is 14.3. The summed E-state index contributed by atoms with van der Waals surface area (Å²) in [5.74, 6) is 2.09. The summed E-state index contributed by atoms with van der Waals surface area (Å²) >= 11 is 1.76. The van der Waals surface area contributed by atoms with Gasteiger partial charge in [0.05, 0.1) is 11.0 Å². The molecule has 0 radical (unpaired) electrons. The van der Waals surface area contributed by atoms with Gasteiger partial charge in [-0.25, -0.2) is 24.9 Å². The van der Waals surface area contributed by atoms with E-state index in [9.17, 15) is 0 Å². The van der Waals surface area contributed by atoms with Crippen LogP contribution in [0.15, 0.2) is 156 Å². The normalized spacial score (nSPS) is 11.7. The van der Waals surface area contributed by atoms with Crippen molar-refractivity contribution < 1.29 is 4.42 Å². The van der Waals surface area contributed by atoms with Crippen molar-refractivity contribution in [2.75, 3.05) is 0 Å². The van der Waals surface area contributed by atoms with Crippen molar-refractivity contribution in [2.24, 2.45) is 0 Å². The number of aromatic nitrogens is 6. The summed E-state index contributed by atoms with van der Waals surface area (Å²) in [4.78, 5) is 27.3. The molecule has 60 heavy (non-hydrogen) atoms. The Labute approximate surface area is 351 Å². The minimum atomic E-state index is 0.412. The fourth-order valence-corrected chi connectivity index (χ4v) is 9.23. The Bertz CT molecular complexity index is 3400. The molecule has 0 aliphatic heterocycles. The molecule has 5 aromatic heterocycles. The van der Waals surface area contributed by atoms with Crippen LogP contribution >= 0.6 is 11.3 Å². The van der Waals surface area contributed by atoms with Crippen LogP contribution < -0.4 is 0 Å². The molecule has 290 valence electrons. The highest BCUT2D eigenvalue weighted by atomic mass is 32.1. The molecule has 0 atom stereocenters. The lowest BCUT2D eigenvalue weighted by Gasteiger charge is -2.10. The van der Waals surface area contributed by atoms with E-state index in [4.69, 9.17) is 29.3 Å². The Hall–Kier alpha value is -7.29. The average molecular weight is 797 g/mol. The van der Waals surface area contributed by atoms with E-state index in [0.29, 0.717) is 40.1 Å². The van der Waals surface area contributed by atoms with Crippen LogP contribution in [0.4, 0.5) is 0 Å². The highest BCUT2D eigenvalue weighted by molar-refractivity contribution is 7.20. The molecule has 11 rings (SSSR count). The van der Waals surface area contributed by atoms with Crippen molar-refractivity contribution in [1.29, 1.82) is 0 Å². The minimum Gasteiger partial charge on any atom is -0.452 e. The molecule has 0 fully saturated rings. The molecule has 11 aromatic rings. The number of benzene rings is 6. The maximum atomic E-state index is 6.59. The predicted molar refractivity (Wildman–Crippen MR) is 250 cm³/mol. The van der Waals surface area contributed by atoms with Gasteiger partial charge in [-0.3, -0.25) is 0 Å². The standard InChI is InChI=1S/C50H34N6OS.C2H6/c1-3-4-26-42-30(2)34-22-15-23-37(46(34)58-42)49-53-47(31-16-7-5-8-17-31)54-50(55-49)44-45-43(36-21-12-14-25-41(36)57-45)51-48(52-44)32-27-28-40-38(29-32)35-20-11-13-24-39(35)56(40)33-18-9-6-10-19-33;1-2/h4-29H,3H2,1-2H3;1-2H3/b26-4-;. The predicted octanol–water partition coefficient (Wildman–Crippen LogP) is 14.3. The zero-order valence-corrected chi connectivity index (χ0v) is 34.5. The summed E-state index contributed by atoms with van der Waals surface area (Å²) < 4.78 is 10.0. The number of hydrogen-bond acceptors (Lipinski definition) is 7. The van der Waals surface area contributed by atoms with Crippen LogP contribution in [0.3, 0.4) is 0 Å². The molecule has 7 nitrogen and oxygen atoms in total. The third-order valence-electron chi connectivity index (χ3n) is 10.8. The van der Waals surface area contributed by atoms with Crippen LogP contribution in [0.1, 0.15) is 37.6 Å². The fourth-order valence-electron chi connectivity index (χ4n) is 7.98. The van der Waals surface area contributed by atoms with E-state index in [1.807, 2.05) is 74.5 Å². The fraction of sp³-hybridized carbons (Fsp3) is 0.0962. The molecule has 0 aliphatic carbocycles. The second kappa shape index (κ2) is 15.5. The van der Waals surface area contributed by atoms with Crippen LogP contribution in [-0.4, -0.2) is 29.5 Å². The monoisotopic (exact) mass is 796 g/mol. The summed E-state index contributed by atoms with van der Waals surface area (Å²) in [7, 11) is 0. The number of thiophene rings is 1. The summed E-state index contributed by atoms with van der Waals surface area (Å²) in [6, 6.07) is 49.8. The summed E-state index contributed by atoms with van der Waals surface area (Å²) in [6.45, 7) is 8.34. The molecule has 0 amide bonds. The van der Waals surface area contributed by atoms with Crippen molar-refractivity contribution in [3.63, 3.8) is 0 Å². The third-order valence-corrected chi connectivity index (χ3v) is 12.1. The van der Waals surface area contributed by atoms with Gasteiger partial charge in [-0.1, -0.05) is 118 Å². The lowest BCUT2D eigenvalue weighted by molar-refractivity contribution is 0.666. The third kappa shape index (κ3) is 6.24. The Morgan fingerprint density at radius 1 is 0.583 bits per heavy atom. The first-order valence-corrected chi connectivity index (χ1v) is 21.2. The Morgan fingerprint density at radius 2 is 1.25 bits per heavy atom. The van der Waals surface area contributed by atoms with Gasteiger partial charge in [-0.2, -0.15) is 0 Å². The number of nitrogens with zero attached hydrogens (tertiary/aromatic N) is 6. The van der Waals surface area contributed by atoms with Gasteiger partial charge in [0.1, 0.15) is 11.1 Å². The van der Waals surface area contributed by atoms with Crippen molar-refractivity contribution in [3.05, 3.63) is 162 Å². The van der Waals surface area contributed by atoms with Gasteiger partial charge in [0.25, 0.3) is 0 Å². The molecular weight excluding hydrogens is 757 g/mol. The van der Waals surface area contributed by atoms with E-state index in [-0.39, 0.29) is 0 Å². The molecule has 6 aromatic carbocycles. The maximum Gasteiger partial charge on any atom is 0.186 e. The molecule has 0 N–H and O–H groups in total. The Balaban J connectivity index is 0.00000213. The Morgan fingerprint density at radius 3 is 2.07 bits per heavy atom. The van der Waals surface area contributed by atoms with Crippen LogP contribution in [0.2, 0.25) is 0 Å². The number of aryl methyl sites for hydroxylation is 1. The van der Waals surface area contributed by atoms with Gasteiger partial charge in [-0.05, 0) is 85.0 Å². The zero-order chi connectivity index (χ0) is 40.7. The molecule has 0 saturated carbocycles. The van der Waals surface area contributed by atoms with Gasteiger partial charge in [0.2, 0.25) is 0 Å². The SMILES string of the molecule is CC.CC/C=C\c1sc2c(-c3nc(-c4ccccc4)nc(-c4nc(-c5ccc6c(c5)c5ccccc5n6-c5ccccc5)nc5c4oc4ccccc45)n3)cccc2c1C. The summed E-state index contributed by atoms with van der Waals surface area (Å²) in [5, 5.41) is 4.35. The maximum absolute atomic E-state index is 6.59. The quantitative estimate of drug-likeness (QED) is 0.160. The molecule has 0 bridgehead atoms. The largest absolute Gasteiger partial charge is 0.452 e. The number of hydrogen-bond donors (Lipinski definition) is 0. The minimum absolute atomic E-state index is 0.412. The summed E-state index contributed by atoms with van der Waals surface area (Å²) in [5.41, 5.74) is 9.74. The van der Waals surface area contributed by atoms with Crippen molar-refractivity contribution in [1.82, 2.24) is 29.5 Å². The number of fused-ring (bicyclic) bond motifs is 7. The van der Waals surface area contributed by atoms with Crippen LogP contribution in [0, 0.1) is 6.92 Å². The first-order valence-electron chi connectivity index (χ1n) is 20.4.